The number of unbranched alkanes of at least 4 members (excludes halogenated alkanes) is 13. The van der Waals surface area contributed by atoms with Crippen LogP contribution in [0.15, 0.2) is 0 Å². The van der Waals surface area contributed by atoms with Gasteiger partial charge >= 0.3 is 5.97 Å². The van der Waals surface area contributed by atoms with Crippen molar-refractivity contribution in [3.63, 3.8) is 0 Å². The zero-order chi connectivity index (χ0) is 17.9. The number of aliphatic carboxylic acids is 1. The van der Waals surface area contributed by atoms with Crippen LogP contribution in [-0.4, -0.2) is 11.1 Å². The molecule has 0 amide bonds. The molecule has 0 aliphatic carbocycles. The number of carbonyl (C=O) groups is 1. The fourth-order valence-corrected chi connectivity index (χ4v) is 3.55. The summed E-state index contributed by atoms with van der Waals surface area (Å²) < 4.78 is 0. The van der Waals surface area contributed by atoms with Gasteiger partial charge in [-0.05, 0) is 18.8 Å². The Kier molecular flexibility index (Phi) is 18.4. The van der Waals surface area contributed by atoms with Crippen molar-refractivity contribution in [3.05, 3.63) is 0 Å². The molecule has 0 saturated heterocycles. The first-order valence-electron chi connectivity index (χ1n) is 10.9. The molecule has 0 fully saturated rings. The minimum absolute atomic E-state index is 0.381. The number of carboxylic acids is 1. The molecule has 1 unspecified atom stereocenters. The van der Waals surface area contributed by atoms with Gasteiger partial charge in [-0.25, -0.2) is 0 Å². The first-order chi connectivity index (χ1) is 11.7. The van der Waals surface area contributed by atoms with Crippen LogP contribution in [0.5, 0.6) is 0 Å². The van der Waals surface area contributed by atoms with Gasteiger partial charge in [-0.15, -0.1) is 0 Å². The van der Waals surface area contributed by atoms with Crippen LogP contribution in [0.25, 0.3) is 0 Å². The smallest absolute Gasteiger partial charge is 0.303 e. The summed E-state index contributed by atoms with van der Waals surface area (Å²) in [7, 11) is 0. The highest BCUT2D eigenvalue weighted by Gasteiger charge is 2.12. The molecule has 0 aliphatic rings. The van der Waals surface area contributed by atoms with E-state index in [4.69, 9.17) is 5.11 Å². The van der Waals surface area contributed by atoms with E-state index in [0.29, 0.717) is 12.3 Å². The maximum atomic E-state index is 11.1. The van der Waals surface area contributed by atoms with Crippen LogP contribution < -0.4 is 0 Å². The maximum absolute atomic E-state index is 11.1. The molecule has 0 heterocycles. The van der Waals surface area contributed by atoms with Crippen LogP contribution >= 0.6 is 0 Å². The molecule has 144 valence electrons. The highest BCUT2D eigenvalue weighted by atomic mass is 16.4. The van der Waals surface area contributed by atoms with Gasteiger partial charge in [0.15, 0.2) is 0 Å². The second-order valence-electron chi connectivity index (χ2n) is 7.64. The van der Waals surface area contributed by atoms with Crippen LogP contribution in [0.4, 0.5) is 0 Å². The Labute approximate surface area is 151 Å². The molecule has 0 bridgehead atoms. The number of rotatable bonds is 19. The van der Waals surface area contributed by atoms with E-state index >= 15 is 0 Å². The third-order valence-electron chi connectivity index (χ3n) is 5.15. The quantitative estimate of drug-likeness (QED) is 0.244. The number of carboxylic acid groups (broad SMARTS) is 1. The predicted molar refractivity (Wildman–Crippen MR) is 106 cm³/mol. The van der Waals surface area contributed by atoms with Gasteiger partial charge in [0.05, 0.1) is 0 Å². The monoisotopic (exact) mass is 340 g/mol. The average Bonchev–Trinajstić information content (AvgIpc) is 2.55. The summed E-state index contributed by atoms with van der Waals surface area (Å²) in [6.07, 6.45) is 22.5. The summed E-state index contributed by atoms with van der Waals surface area (Å²) >= 11 is 0. The van der Waals surface area contributed by atoms with E-state index < -0.39 is 5.97 Å². The van der Waals surface area contributed by atoms with E-state index in [2.05, 4.69) is 13.8 Å². The lowest BCUT2D eigenvalue weighted by atomic mass is 9.91. The molecule has 0 aromatic heterocycles. The molecule has 0 aliphatic heterocycles. The molecule has 1 N–H and O–H groups in total. The molecule has 0 aromatic rings. The summed E-state index contributed by atoms with van der Waals surface area (Å²) in [5.74, 6) is -0.194. The van der Waals surface area contributed by atoms with Gasteiger partial charge < -0.3 is 5.11 Å². The fourth-order valence-electron chi connectivity index (χ4n) is 3.55. The lowest BCUT2D eigenvalue weighted by Crippen LogP contribution is -2.08. The molecular weight excluding hydrogens is 296 g/mol. The van der Waals surface area contributed by atoms with E-state index in [9.17, 15) is 4.79 Å². The first-order valence-corrected chi connectivity index (χ1v) is 10.9. The summed E-state index contributed by atoms with van der Waals surface area (Å²) in [5.41, 5.74) is 0. The fraction of sp³-hybridized carbons (Fsp3) is 0.955. The third kappa shape index (κ3) is 17.8. The molecule has 0 saturated carbocycles. The summed E-state index contributed by atoms with van der Waals surface area (Å²) in [4.78, 5) is 11.1. The van der Waals surface area contributed by atoms with Crippen molar-refractivity contribution in [2.24, 2.45) is 5.92 Å². The molecule has 0 spiro atoms. The Hall–Kier alpha value is -0.530. The Morgan fingerprint density at radius 3 is 1.29 bits per heavy atom. The third-order valence-corrected chi connectivity index (χ3v) is 5.15. The minimum atomic E-state index is -0.609. The highest BCUT2D eigenvalue weighted by Crippen LogP contribution is 2.22. The molecule has 0 aromatic carbocycles. The lowest BCUT2D eigenvalue weighted by Gasteiger charge is -2.14. The van der Waals surface area contributed by atoms with Gasteiger partial charge in [0, 0.05) is 6.42 Å². The van der Waals surface area contributed by atoms with E-state index in [1.165, 1.54) is 96.3 Å². The minimum Gasteiger partial charge on any atom is -0.481 e. The topological polar surface area (TPSA) is 37.3 Å². The normalized spacial score (nSPS) is 12.4. The zero-order valence-electron chi connectivity index (χ0n) is 16.7. The lowest BCUT2D eigenvalue weighted by molar-refractivity contribution is -0.138. The molecule has 1 atom stereocenters. The molecular formula is C22H44O2. The van der Waals surface area contributed by atoms with Gasteiger partial charge in [0.2, 0.25) is 0 Å². The van der Waals surface area contributed by atoms with Gasteiger partial charge in [0.1, 0.15) is 0 Å². The molecule has 2 heteroatoms. The Morgan fingerprint density at radius 1 is 0.625 bits per heavy atom. The van der Waals surface area contributed by atoms with E-state index in [1.807, 2.05) is 0 Å². The molecule has 0 radical (unpaired) electrons. The largest absolute Gasteiger partial charge is 0.481 e. The van der Waals surface area contributed by atoms with E-state index in [1.54, 1.807) is 0 Å². The number of hydrogen-bond acceptors (Lipinski definition) is 1. The van der Waals surface area contributed by atoms with Crippen molar-refractivity contribution >= 4 is 5.97 Å². The first kappa shape index (κ1) is 23.5. The van der Waals surface area contributed by atoms with Crippen LogP contribution in [0, 0.1) is 5.92 Å². The Morgan fingerprint density at radius 2 is 0.958 bits per heavy atom. The van der Waals surface area contributed by atoms with Crippen LogP contribution in [0.3, 0.4) is 0 Å². The standard InChI is InChI=1S/C22H44O2/c1-3-5-7-9-11-13-15-17-19-21(20-22(23)24)18-16-14-12-10-8-6-4-2/h21H,3-20H2,1-2H3,(H,23,24). The van der Waals surface area contributed by atoms with Crippen LogP contribution in [0.1, 0.15) is 129 Å². The van der Waals surface area contributed by atoms with Crippen molar-refractivity contribution in [3.8, 4) is 0 Å². The van der Waals surface area contributed by atoms with Gasteiger partial charge in [-0.3, -0.25) is 4.79 Å². The second-order valence-corrected chi connectivity index (χ2v) is 7.64. The summed E-state index contributed by atoms with van der Waals surface area (Å²) in [6.45, 7) is 4.51. The average molecular weight is 341 g/mol. The van der Waals surface area contributed by atoms with Crippen LogP contribution in [0.2, 0.25) is 0 Å². The number of hydrogen-bond donors (Lipinski definition) is 1. The van der Waals surface area contributed by atoms with Crippen molar-refractivity contribution in [2.45, 2.75) is 129 Å². The molecule has 24 heavy (non-hydrogen) atoms. The summed E-state index contributed by atoms with van der Waals surface area (Å²) in [6, 6.07) is 0. The predicted octanol–water partition coefficient (Wildman–Crippen LogP) is 7.75. The molecule has 2 nitrogen and oxygen atoms in total. The molecule has 0 rings (SSSR count). The van der Waals surface area contributed by atoms with Crippen molar-refractivity contribution in [1.29, 1.82) is 0 Å². The van der Waals surface area contributed by atoms with E-state index in [-0.39, 0.29) is 0 Å². The van der Waals surface area contributed by atoms with Gasteiger partial charge in [-0.1, -0.05) is 110 Å². The second kappa shape index (κ2) is 18.8. The Balaban J connectivity index is 3.61. The van der Waals surface area contributed by atoms with E-state index in [0.717, 1.165) is 12.8 Å². The van der Waals surface area contributed by atoms with Crippen LogP contribution in [-0.2, 0) is 4.79 Å². The van der Waals surface area contributed by atoms with Gasteiger partial charge in [-0.2, -0.15) is 0 Å². The highest BCUT2D eigenvalue weighted by molar-refractivity contribution is 5.66. The summed E-state index contributed by atoms with van der Waals surface area (Å²) in [5, 5.41) is 9.11. The maximum Gasteiger partial charge on any atom is 0.303 e. The van der Waals surface area contributed by atoms with Crippen molar-refractivity contribution in [1.82, 2.24) is 0 Å². The Bertz CT molecular complexity index is 263. The van der Waals surface area contributed by atoms with Crippen molar-refractivity contribution < 1.29 is 9.90 Å². The van der Waals surface area contributed by atoms with Crippen molar-refractivity contribution in [2.75, 3.05) is 0 Å². The SMILES string of the molecule is CCCCCCCCCCC(CCCCCCCCC)CC(=O)O. The van der Waals surface area contributed by atoms with Gasteiger partial charge in [0.25, 0.3) is 0 Å². The zero-order valence-corrected chi connectivity index (χ0v) is 16.7.